The number of hydrogen-bond acceptors (Lipinski definition) is 1. The van der Waals surface area contributed by atoms with Crippen LogP contribution >= 0.6 is 43.5 Å². The van der Waals surface area contributed by atoms with Crippen LogP contribution in [0.15, 0.2) is 45.3 Å². The molecule has 0 bridgehead atoms. The summed E-state index contributed by atoms with van der Waals surface area (Å²) in [5.74, 6) is 0.838. The quantitative estimate of drug-likeness (QED) is 0.534. The van der Waals surface area contributed by atoms with Gasteiger partial charge < -0.3 is 4.74 Å². The summed E-state index contributed by atoms with van der Waals surface area (Å²) in [6, 6.07) is 12.2. The molecule has 0 fully saturated rings. The van der Waals surface area contributed by atoms with Crippen molar-refractivity contribution in [1.29, 1.82) is 0 Å². The molecule has 0 spiro atoms. The number of hydrogen-bond donors (Lipinski definition) is 0. The minimum Gasteiger partial charge on any atom is -0.493 e. The molecule has 0 aliphatic heterocycles. The minimum absolute atomic E-state index is 0.182. The van der Waals surface area contributed by atoms with Crippen molar-refractivity contribution in [2.75, 3.05) is 6.61 Å². The Morgan fingerprint density at radius 3 is 2.45 bits per heavy atom. The van der Waals surface area contributed by atoms with Crippen molar-refractivity contribution >= 4 is 43.5 Å². The fourth-order valence-electron chi connectivity index (χ4n) is 2.05. The largest absolute Gasteiger partial charge is 0.493 e. The Morgan fingerprint density at radius 1 is 1.10 bits per heavy atom. The summed E-state index contributed by atoms with van der Waals surface area (Å²) in [6.07, 6.45) is 0. The maximum absolute atomic E-state index is 6.59. The molecular formula is C16H15Br2ClO. The fourth-order valence-corrected chi connectivity index (χ4v) is 3.45. The van der Waals surface area contributed by atoms with Crippen LogP contribution in [-0.4, -0.2) is 6.61 Å². The zero-order valence-electron chi connectivity index (χ0n) is 11.3. The molecule has 1 atom stereocenters. The van der Waals surface area contributed by atoms with Crippen molar-refractivity contribution in [3.05, 3.63) is 62.0 Å². The Kier molecular flexibility index (Phi) is 5.53. The van der Waals surface area contributed by atoms with Gasteiger partial charge in [0, 0.05) is 4.47 Å². The van der Waals surface area contributed by atoms with E-state index in [1.165, 1.54) is 5.56 Å². The topological polar surface area (TPSA) is 9.23 Å². The monoisotopic (exact) mass is 416 g/mol. The number of halogens is 3. The molecule has 0 N–H and O–H groups in total. The molecule has 0 saturated carbocycles. The number of aryl methyl sites for hydroxylation is 1. The van der Waals surface area contributed by atoms with E-state index in [0.717, 1.165) is 25.8 Å². The zero-order valence-corrected chi connectivity index (χ0v) is 15.2. The molecule has 4 heteroatoms. The van der Waals surface area contributed by atoms with Gasteiger partial charge in [-0.3, -0.25) is 0 Å². The van der Waals surface area contributed by atoms with E-state index in [2.05, 4.69) is 57.0 Å². The summed E-state index contributed by atoms with van der Waals surface area (Å²) < 4.78 is 7.49. The number of ether oxygens (including phenoxy) is 1. The molecule has 1 nitrogen and oxygen atoms in total. The maximum atomic E-state index is 6.59. The zero-order chi connectivity index (χ0) is 14.7. The molecule has 2 rings (SSSR count). The van der Waals surface area contributed by atoms with Crippen LogP contribution in [0.3, 0.4) is 0 Å². The van der Waals surface area contributed by atoms with Gasteiger partial charge in [-0.25, -0.2) is 0 Å². The van der Waals surface area contributed by atoms with Crippen molar-refractivity contribution in [3.8, 4) is 5.75 Å². The smallest absolute Gasteiger partial charge is 0.133 e. The van der Waals surface area contributed by atoms with Crippen LogP contribution in [0.2, 0.25) is 0 Å². The summed E-state index contributed by atoms with van der Waals surface area (Å²) in [5.41, 5.74) is 3.30. The molecule has 20 heavy (non-hydrogen) atoms. The second-order valence-corrected chi connectivity index (χ2v) is 6.75. The van der Waals surface area contributed by atoms with Crippen molar-refractivity contribution in [3.63, 3.8) is 0 Å². The van der Waals surface area contributed by atoms with Crippen LogP contribution in [-0.2, 0) is 0 Å². The van der Waals surface area contributed by atoms with E-state index in [0.29, 0.717) is 6.61 Å². The summed E-state index contributed by atoms with van der Waals surface area (Å²) in [4.78, 5) is 0. The van der Waals surface area contributed by atoms with Gasteiger partial charge in [0.05, 0.1) is 16.5 Å². The second-order valence-electron chi connectivity index (χ2n) is 4.55. The first-order valence-electron chi connectivity index (χ1n) is 6.34. The maximum Gasteiger partial charge on any atom is 0.133 e. The molecular weight excluding hydrogens is 403 g/mol. The van der Waals surface area contributed by atoms with E-state index in [9.17, 15) is 0 Å². The predicted octanol–water partition coefficient (Wildman–Crippen LogP) is 6.25. The molecule has 106 valence electrons. The molecule has 0 radical (unpaired) electrons. The van der Waals surface area contributed by atoms with E-state index in [4.69, 9.17) is 16.3 Å². The van der Waals surface area contributed by atoms with E-state index in [1.807, 2.05) is 25.1 Å². The molecule has 2 aromatic rings. The van der Waals surface area contributed by atoms with Gasteiger partial charge in [-0.15, -0.1) is 11.6 Å². The van der Waals surface area contributed by atoms with Gasteiger partial charge in [0.2, 0.25) is 0 Å². The first kappa shape index (κ1) is 15.9. The van der Waals surface area contributed by atoms with Crippen LogP contribution in [0.1, 0.15) is 29.0 Å². The Labute approximate surface area is 141 Å². The summed E-state index contributed by atoms with van der Waals surface area (Å²) in [5, 5.41) is -0.182. The third-order valence-corrected chi connectivity index (χ3v) is 4.49. The van der Waals surface area contributed by atoms with Gasteiger partial charge in [-0.2, -0.15) is 0 Å². The average molecular weight is 419 g/mol. The van der Waals surface area contributed by atoms with Crippen molar-refractivity contribution < 1.29 is 4.74 Å². The lowest BCUT2D eigenvalue weighted by molar-refractivity contribution is 0.338. The fraction of sp³-hybridized carbons (Fsp3) is 0.250. The van der Waals surface area contributed by atoms with Crippen LogP contribution in [0.25, 0.3) is 0 Å². The Morgan fingerprint density at radius 2 is 1.85 bits per heavy atom. The van der Waals surface area contributed by atoms with Crippen LogP contribution in [0.5, 0.6) is 5.75 Å². The van der Waals surface area contributed by atoms with Gasteiger partial charge in [-0.05, 0) is 70.7 Å². The number of alkyl halides is 1. The molecule has 2 aromatic carbocycles. The highest BCUT2D eigenvalue weighted by Crippen LogP contribution is 2.35. The Balaban J connectivity index is 2.33. The van der Waals surface area contributed by atoms with Gasteiger partial charge in [0.25, 0.3) is 0 Å². The molecule has 0 aliphatic carbocycles. The average Bonchev–Trinajstić information content (AvgIpc) is 2.39. The lowest BCUT2D eigenvalue weighted by Gasteiger charge is -2.14. The summed E-state index contributed by atoms with van der Waals surface area (Å²) in [6.45, 7) is 4.67. The molecule has 0 aliphatic rings. The third kappa shape index (κ3) is 3.78. The summed E-state index contributed by atoms with van der Waals surface area (Å²) >= 11 is 13.6. The highest BCUT2D eigenvalue weighted by atomic mass is 79.9. The van der Waals surface area contributed by atoms with Gasteiger partial charge >= 0.3 is 0 Å². The summed E-state index contributed by atoms with van der Waals surface area (Å²) in [7, 11) is 0. The van der Waals surface area contributed by atoms with E-state index < -0.39 is 0 Å². The van der Waals surface area contributed by atoms with Crippen molar-refractivity contribution in [2.45, 2.75) is 19.2 Å². The predicted molar refractivity (Wildman–Crippen MR) is 91.9 cm³/mol. The Hall–Kier alpha value is -0.510. The molecule has 0 aromatic heterocycles. The molecule has 0 amide bonds. The lowest BCUT2D eigenvalue weighted by atomic mass is 10.0. The van der Waals surface area contributed by atoms with Gasteiger partial charge in [0.15, 0.2) is 0 Å². The van der Waals surface area contributed by atoms with E-state index in [1.54, 1.807) is 0 Å². The highest BCUT2D eigenvalue weighted by Gasteiger charge is 2.13. The molecule has 1 unspecified atom stereocenters. The number of benzene rings is 2. The molecule has 0 heterocycles. The van der Waals surface area contributed by atoms with Gasteiger partial charge in [-0.1, -0.05) is 28.1 Å². The second kappa shape index (κ2) is 6.97. The molecule has 0 saturated heterocycles. The van der Waals surface area contributed by atoms with Crippen LogP contribution < -0.4 is 4.74 Å². The first-order valence-corrected chi connectivity index (χ1v) is 8.37. The van der Waals surface area contributed by atoms with Crippen LogP contribution in [0, 0.1) is 6.92 Å². The first-order chi connectivity index (χ1) is 9.51. The Bertz CT molecular complexity index is 593. The van der Waals surface area contributed by atoms with Crippen LogP contribution in [0.4, 0.5) is 0 Å². The SMILES string of the molecule is CCOc1ccc(C(Cl)c2cc(C)cc(Br)c2)cc1Br. The minimum atomic E-state index is -0.182. The van der Waals surface area contributed by atoms with Crippen molar-refractivity contribution in [2.24, 2.45) is 0 Å². The third-order valence-electron chi connectivity index (χ3n) is 2.91. The van der Waals surface area contributed by atoms with E-state index in [-0.39, 0.29) is 5.38 Å². The van der Waals surface area contributed by atoms with E-state index >= 15 is 0 Å². The number of rotatable bonds is 4. The van der Waals surface area contributed by atoms with Gasteiger partial charge in [0.1, 0.15) is 5.75 Å². The van der Waals surface area contributed by atoms with Crippen molar-refractivity contribution in [1.82, 2.24) is 0 Å². The lowest BCUT2D eigenvalue weighted by Crippen LogP contribution is -1.97. The normalized spacial score (nSPS) is 12.2. The standard InChI is InChI=1S/C16H15Br2ClO/c1-3-20-15-5-4-11(9-14(15)18)16(19)12-6-10(2)7-13(17)8-12/h4-9,16H,3H2,1-2H3. The highest BCUT2D eigenvalue weighted by molar-refractivity contribution is 9.10.